The minimum atomic E-state index is -0.752. The van der Waals surface area contributed by atoms with Gasteiger partial charge in [-0.3, -0.25) is 29.8 Å². The molecule has 14 heteroatoms. The van der Waals surface area contributed by atoms with E-state index < -0.39 is 27.1 Å². The number of carbonyl (C=O) groups excluding carboxylic acids is 2. The fourth-order valence-electron chi connectivity index (χ4n) is 6.55. The van der Waals surface area contributed by atoms with Crippen LogP contribution in [0.1, 0.15) is 74.5 Å². The van der Waals surface area contributed by atoms with Gasteiger partial charge in [-0.2, -0.15) is 0 Å². The number of non-ortho nitro benzene ring substituents is 1. The van der Waals surface area contributed by atoms with Gasteiger partial charge >= 0.3 is 0 Å². The van der Waals surface area contributed by atoms with Gasteiger partial charge in [0.1, 0.15) is 5.69 Å². The van der Waals surface area contributed by atoms with Crippen LogP contribution >= 0.6 is 11.8 Å². The average molecular weight is 814 g/mol. The zero-order valence-electron chi connectivity index (χ0n) is 33.0. The second kappa shape index (κ2) is 25.8. The van der Waals surface area contributed by atoms with Gasteiger partial charge in [0.25, 0.3) is 11.4 Å². The maximum Gasteiger partial charge on any atom is 0.299 e. The second-order valence-electron chi connectivity index (χ2n) is 13.7. The van der Waals surface area contributed by atoms with Crippen molar-refractivity contribution in [2.45, 2.75) is 62.5 Å². The van der Waals surface area contributed by atoms with E-state index in [4.69, 9.17) is 9.47 Å². The summed E-state index contributed by atoms with van der Waals surface area (Å²) in [6.45, 7) is 1.66. The molecule has 0 bridgehead atoms. The third-order valence-electron chi connectivity index (χ3n) is 9.50. The standard InChI is InChI=1S/C44H55N5O8S/c50-42(45-27-29-56-31-32-57-30-28-46-43(51)35-47-40-26-25-39(48(52)53)34-41(40)49(54)55)24-16-5-3-1-2-4-6-17-33-58-44(36-18-10-7-11-19-36,37-20-12-8-13-21-37)38-22-14-9-15-23-38/h7-15,18-23,25-26,34,47H,1-6,16-17,24,27-33,35H2,(H,45,50)(H,46,51). The van der Waals surface area contributed by atoms with Gasteiger partial charge in [0, 0.05) is 25.6 Å². The summed E-state index contributed by atoms with van der Waals surface area (Å²) in [7, 11) is 0. The van der Waals surface area contributed by atoms with Crippen LogP contribution in [0.5, 0.6) is 0 Å². The van der Waals surface area contributed by atoms with E-state index in [-0.39, 0.29) is 36.0 Å². The van der Waals surface area contributed by atoms with Crippen molar-refractivity contribution in [2.24, 2.45) is 0 Å². The van der Waals surface area contributed by atoms with E-state index in [1.165, 1.54) is 54.9 Å². The van der Waals surface area contributed by atoms with E-state index in [0.717, 1.165) is 37.1 Å². The molecule has 13 nitrogen and oxygen atoms in total. The maximum atomic E-state index is 12.2. The van der Waals surface area contributed by atoms with Crippen molar-refractivity contribution in [1.82, 2.24) is 10.6 Å². The van der Waals surface area contributed by atoms with E-state index in [9.17, 15) is 29.8 Å². The lowest BCUT2D eigenvalue weighted by atomic mass is 9.84. The van der Waals surface area contributed by atoms with Crippen LogP contribution in [0.25, 0.3) is 0 Å². The highest BCUT2D eigenvalue weighted by Gasteiger charge is 2.36. The Bertz CT molecular complexity index is 1740. The van der Waals surface area contributed by atoms with E-state index >= 15 is 0 Å². The lowest BCUT2D eigenvalue weighted by molar-refractivity contribution is -0.393. The van der Waals surface area contributed by atoms with E-state index in [0.29, 0.717) is 32.8 Å². The van der Waals surface area contributed by atoms with Crippen LogP contribution in [0.15, 0.2) is 109 Å². The van der Waals surface area contributed by atoms with Gasteiger partial charge in [0.15, 0.2) is 0 Å². The number of rotatable bonds is 29. The van der Waals surface area contributed by atoms with Crippen molar-refractivity contribution in [1.29, 1.82) is 0 Å². The smallest absolute Gasteiger partial charge is 0.299 e. The minimum Gasteiger partial charge on any atom is -0.377 e. The molecule has 0 fully saturated rings. The molecule has 0 saturated carbocycles. The fraction of sp³-hybridized carbons (Fsp3) is 0.409. The number of nitrogens with one attached hydrogen (secondary N) is 3. The minimum absolute atomic E-state index is 0.00336. The molecule has 4 aromatic carbocycles. The third kappa shape index (κ3) is 15.2. The van der Waals surface area contributed by atoms with E-state index in [1.54, 1.807) is 0 Å². The van der Waals surface area contributed by atoms with Gasteiger partial charge < -0.3 is 25.4 Å². The third-order valence-corrected chi connectivity index (χ3v) is 11.1. The molecule has 3 N–H and O–H groups in total. The summed E-state index contributed by atoms with van der Waals surface area (Å²) in [5, 5.41) is 30.2. The number of carbonyl (C=O) groups is 2. The number of amides is 2. The summed E-state index contributed by atoms with van der Waals surface area (Å²) in [6.07, 6.45) is 9.57. The Labute approximate surface area is 345 Å². The first kappa shape index (κ1) is 45.4. The molecule has 2 amide bonds. The van der Waals surface area contributed by atoms with Gasteiger partial charge in [-0.05, 0) is 41.4 Å². The summed E-state index contributed by atoms with van der Waals surface area (Å²) in [6, 6.07) is 35.7. The molecule has 0 saturated heterocycles. The largest absolute Gasteiger partial charge is 0.377 e. The maximum absolute atomic E-state index is 12.2. The van der Waals surface area contributed by atoms with Gasteiger partial charge in [0.2, 0.25) is 11.8 Å². The molecule has 0 aromatic heterocycles. The Hall–Kier alpha value is -5.31. The first-order chi connectivity index (χ1) is 28.3. The van der Waals surface area contributed by atoms with Crippen LogP contribution in [0.2, 0.25) is 0 Å². The molecule has 58 heavy (non-hydrogen) atoms. The van der Waals surface area contributed by atoms with Gasteiger partial charge in [-0.25, -0.2) is 0 Å². The molecule has 0 aliphatic carbocycles. The van der Waals surface area contributed by atoms with E-state index in [1.807, 2.05) is 11.8 Å². The van der Waals surface area contributed by atoms with Crippen LogP contribution in [0.3, 0.4) is 0 Å². The monoisotopic (exact) mass is 813 g/mol. The molecular formula is C44H55N5O8S. The Balaban J connectivity index is 0.961. The van der Waals surface area contributed by atoms with Gasteiger partial charge in [0.05, 0.1) is 53.6 Å². The molecule has 4 rings (SSSR count). The molecule has 0 unspecified atom stereocenters. The lowest BCUT2D eigenvalue weighted by Crippen LogP contribution is -2.32. The second-order valence-corrected chi connectivity index (χ2v) is 15.0. The Morgan fingerprint density at radius 1 is 0.586 bits per heavy atom. The van der Waals surface area contributed by atoms with Crippen molar-refractivity contribution in [3.63, 3.8) is 0 Å². The van der Waals surface area contributed by atoms with Crippen LogP contribution in [-0.2, 0) is 23.8 Å². The number of anilines is 1. The van der Waals surface area contributed by atoms with Crippen molar-refractivity contribution in [3.05, 3.63) is 146 Å². The molecule has 0 atom stereocenters. The van der Waals surface area contributed by atoms with Crippen LogP contribution in [-0.4, -0.2) is 73.5 Å². The number of benzene rings is 4. The predicted octanol–water partition coefficient (Wildman–Crippen LogP) is 8.42. The molecule has 0 heterocycles. The summed E-state index contributed by atoms with van der Waals surface area (Å²) < 4.78 is 10.7. The normalized spacial score (nSPS) is 11.2. The Kier molecular flexibility index (Phi) is 20.2. The number of nitro groups is 2. The summed E-state index contributed by atoms with van der Waals surface area (Å²) in [5.74, 6) is 0.681. The first-order valence-corrected chi connectivity index (χ1v) is 21.0. The zero-order chi connectivity index (χ0) is 41.3. The molecule has 0 radical (unpaired) electrons. The zero-order valence-corrected chi connectivity index (χ0v) is 33.8. The number of hydrogen-bond donors (Lipinski definition) is 3. The van der Waals surface area contributed by atoms with Crippen molar-refractivity contribution in [2.75, 3.05) is 57.1 Å². The van der Waals surface area contributed by atoms with Gasteiger partial charge in [-0.1, -0.05) is 130 Å². The number of thioether (sulfide) groups is 1. The molecule has 4 aromatic rings. The predicted molar refractivity (Wildman–Crippen MR) is 229 cm³/mol. The molecule has 310 valence electrons. The molecular weight excluding hydrogens is 759 g/mol. The highest BCUT2D eigenvalue weighted by molar-refractivity contribution is 8.00. The van der Waals surface area contributed by atoms with E-state index in [2.05, 4.69) is 107 Å². The Morgan fingerprint density at radius 2 is 1.07 bits per heavy atom. The number of nitro benzene ring substituents is 2. The quantitative estimate of drug-likeness (QED) is 0.0209. The SMILES string of the molecule is O=C(CCCCCCCCCCSC(c1ccccc1)(c1ccccc1)c1ccccc1)NCCOCCOCCNC(=O)CNc1ccc([N+](=O)[O-])cc1[N+](=O)[O-]. The number of ether oxygens (including phenoxy) is 2. The highest BCUT2D eigenvalue weighted by atomic mass is 32.2. The average Bonchev–Trinajstić information content (AvgIpc) is 3.25. The number of unbranched alkanes of at least 4 members (excludes halogenated alkanes) is 7. The van der Waals surface area contributed by atoms with Gasteiger partial charge in [-0.15, -0.1) is 11.8 Å². The van der Waals surface area contributed by atoms with Crippen molar-refractivity contribution in [3.8, 4) is 0 Å². The molecule has 0 spiro atoms. The number of nitrogens with zero attached hydrogens (tertiary/aromatic N) is 2. The van der Waals surface area contributed by atoms with Crippen LogP contribution in [0, 0.1) is 20.2 Å². The van der Waals surface area contributed by atoms with Crippen molar-refractivity contribution < 1.29 is 28.9 Å². The van der Waals surface area contributed by atoms with Crippen LogP contribution < -0.4 is 16.0 Å². The summed E-state index contributed by atoms with van der Waals surface area (Å²) >= 11 is 2.03. The first-order valence-electron chi connectivity index (χ1n) is 20.0. The summed E-state index contributed by atoms with van der Waals surface area (Å²) in [5.41, 5.74) is 3.01. The molecule has 0 aliphatic rings. The van der Waals surface area contributed by atoms with Crippen LogP contribution in [0.4, 0.5) is 17.1 Å². The fourth-order valence-corrected chi connectivity index (χ4v) is 8.11. The molecule has 0 aliphatic heterocycles. The summed E-state index contributed by atoms with van der Waals surface area (Å²) in [4.78, 5) is 44.9. The lowest BCUT2D eigenvalue weighted by Gasteiger charge is -2.35. The highest BCUT2D eigenvalue weighted by Crippen LogP contribution is 2.48. The Morgan fingerprint density at radius 3 is 1.57 bits per heavy atom. The van der Waals surface area contributed by atoms with Crippen molar-refractivity contribution >= 4 is 40.6 Å². The number of hydrogen-bond acceptors (Lipinski definition) is 10. The topological polar surface area (TPSA) is 175 Å².